The monoisotopic (exact) mass is 252 g/mol. The second-order valence-corrected chi connectivity index (χ2v) is 5.90. The second kappa shape index (κ2) is 5.41. The Morgan fingerprint density at radius 1 is 1.61 bits per heavy atom. The highest BCUT2D eigenvalue weighted by molar-refractivity contribution is 5.08. The van der Waals surface area contributed by atoms with Crippen molar-refractivity contribution in [2.24, 2.45) is 11.3 Å². The first-order valence-electron chi connectivity index (χ1n) is 6.75. The normalized spacial score (nSPS) is 24.3. The molecule has 1 saturated carbocycles. The number of aliphatic hydroxyl groups excluding tert-OH is 1. The minimum atomic E-state index is -0.415. The summed E-state index contributed by atoms with van der Waals surface area (Å²) >= 11 is 0. The summed E-state index contributed by atoms with van der Waals surface area (Å²) in [4.78, 5) is 0. The number of aliphatic hydroxyl groups is 1. The summed E-state index contributed by atoms with van der Waals surface area (Å²) in [5.41, 5.74) is 1.14. The summed E-state index contributed by atoms with van der Waals surface area (Å²) < 4.78 is 6.94. The van der Waals surface area contributed by atoms with Gasteiger partial charge in [-0.1, -0.05) is 20.3 Å². The maximum Gasteiger partial charge on any atom is 0.0989 e. The first kappa shape index (κ1) is 13.6. The molecule has 1 aliphatic carbocycles. The first-order valence-corrected chi connectivity index (χ1v) is 6.75. The maximum atomic E-state index is 10.6. The van der Waals surface area contributed by atoms with Gasteiger partial charge in [-0.15, -0.1) is 0 Å². The molecule has 1 fully saturated rings. The van der Waals surface area contributed by atoms with Crippen LogP contribution in [0.1, 0.15) is 44.9 Å². The first-order chi connectivity index (χ1) is 8.56. The average molecular weight is 252 g/mol. The molecule has 0 bridgehead atoms. The van der Waals surface area contributed by atoms with Gasteiger partial charge in [0.25, 0.3) is 0 Å². The van der Waals surface area contributed by atoms with E-state index in [0.29, 0.717) is 19.1 Å². The molecule has 2 unspecified atom stereocenters. The van der Waals surface area contributed by atoms with Crippen LogP contribution in [0.4, 0.5) is 0 Å². The van der Waals surface area contributed by atoms with Crippen molar-refractivity contribution in [3.63, 3.8) is 0 Å². The molecule has 1 aromatic rings. The van der Waals surface area contributed by atoms with Crippen molar-refractivity contribution in [3.05, 3.63) is 18.0 Å². The largest absolute Gasteiger partial charge is 0.387 e. The quantitative estimate of drug-likeness (QED) is 0.875. The van der Waals surface area contributed by atoms with Crippen molar-refractivity contribution in [2.75, 3.05) is 13.7 Å². The van der Waals surface area contributed by atoms with Gasteiger partial charge in [-0.3, -0.25) is 4.68 Å². The highest BCUT2D eigenvalue weighted by Crippen LogP contribution is 2.48. The molecule has 0 saturated heterocycles. The Balaban J connectivity index is 2.13. The number of rotatable bonds is 5. The lowest BCUT2D eigenvalue weighted by molar-refractivity contribution is 0.0450. The van der Waals surface area contributed by atoms with Crippen LogP contribution in [-0.2, 0) is 11.3 Å². The molecule has 4 heteroatoms. The minimum absolute atomic E-state index is 0.218. The molecule has 0 radical (unpaired) electrons. The van der Waals surface area contributed by atoms with Gasteiger partial charge >= 0.3 is 0 Å². The number of ether oxygens (including phenoxy) is 1. The van der Waals surface area contributed by atoms with E-state index in [1.807, 2.05) is 10.7 Å². The topological polar surface area (TPSA) is 47.3 Å². The van der Waals surface area contributed by atoms with E-state index < -0.39 is 6.10 Å². The SMILES string of the molecule is COCCn1nccc1C(O)C1CCCC1(C)C. The van der Waals surface area contributed by atoms with E-state index in [1.54, 1.807) is 13.3 Å². The predicted molar refractivity (Wildman–Crippen MR) is 70.2 cm³/mol. The minimum Gasteiger partial charge on any atom is -0.387 e. The Kier molecular flexibility index (Phi) is 4.07. The third-order valence-electron chi connectivity index (χ3n) is 4.28. The molecule has 0 aromatic carbocycles. The van der Waals surface area contributed by atoms with E-state index >= 15 is 0 Å². The predicted octanol–water partition coefficient (Wildman–Crippen LogP) is 2.39. The summed E-state index contributed by atoms with van der Waals surface area (Å²) in [7, 11) is 1.68. The zero-order valence-corrected chi connectivity index (χ0v) is 11.6. The molecule has 1 heterocycles. The van der Waals surface area contributed by atoms with Crippen LogP contribution in [0.2, 0.25) is 0 Å². The van der Waals surface area contributed by atoms with Crippen molar-refractivity contribution >= 4 is 0 Å². The molecule has 2 rings (SSSR count). The third-order valence-corrected chi connectivity index (χ3v) is 4.28. The van der Waals surface area contributed by atoms with E-state index in [4.69, 9.17) is 4.74 Å². The van der Waals surface area contributed by atoms with Crippen molar-refractivity contribution in [2.45, 2.75) is 45.8 Å². The fourth-order valence-corrected chi connectivity index (χ4v) is 3.10. The molecule has 102 valence electrons. The lowest BCUT2D eigenvalue weighted by Crippen LogP contribution is -2.26. The van der Waals surface area contributed by atoms with Crippen LogP contribution >= 0.6 is 0 Å². The van der Waals surface area contributed by atoms with Crippen LogP contribution in [0.5, 0.6) is 0 Å². The van der Waals surface area contributed by atoms with E-state index in [1.165, 1.54) is 12.8 Å². The van der Waals surface area contributed by atoms with Gasteiger partial charge in [-0.05, 0) is 30.2 Å². The maximum absolute atomic E-state index is 10.6. The summed E-state index contributed by atoms with van der Waals surface area (Å²) in [6.07, 6.45) is 4.85. The average Bonchev–Trinajstić information content (AvgIpc) is 2.91. The molecule has 2 atom stereocenters. The van der Waals surface area contributed by atoms with Crippen LogP contribution in [0.25, 0.3) is 0 Å². The third kappa shape index (κ3) is 2.59. The van der Waals surface area contributed by atoms with Crippen molar-refractivity contribution < 1.29 is 9.84 Å². The van der Waals surface area contributed by atoms with Gasteiger partial charge in [0.05, 0.1) is 24.9 Å². The zero-order valence-electron chi connectivity index (χ0n) is 11.6. The molecule has 0 amide bonds. The Morgan fingerprint density at radius 3 is 3.00 bits per heavy atom. The lowest BCUT2D eigenvalue weighted by atomic mass is 9.78. The molecule has 0 spiro atoms. The van der Waals surface area contributed by atoms with Crippen molar-refractivity contribution in [1.29, 1.82) is 0 Å². The van der Waals surface area contributed by atoms with E-state index in [-0.39, 0.29) is 5.41 Å². The molecule has 4 nitrogen and oxygen atoms in total. The summed E-state index contributed by atoms with van der Waals surface area (Å²) in [6.45, 7) is 5.83. The summed E-state index contributed by atoms with van der Waals surface area (Å²) in [5.74, 6) is 0.329. The van der Waals surface area contributed by atoms with Gasteiger partial charge in [0.2, 0.25) is 0 Å². The van der Waals surface area contributed by atoms with Gasteiger partial charge in [-0.25, -0.2) is 0 Å². The van der Waals surface area contributed by atoms with Gasteiger partial charge in [0.15, 0.2) is 0 Å². The van der Waals surface area contributed by atoms with E-state index in [9.17, 15) is 5.11 Å². The molecular formula is C14H24N2O2. The Morgan fingerprint density at radius 2 is 2.39 bits per heavy atom. The number of nitrogens with zero attached hydrogens (tertiary/aromatic N) is 2. The number of aromatic nitrogens is 2. The summed E-state index contributed by atoms with van der Waals surface area (Å²) in [6, 6.07) is 1.93. The molecule has 18 heavy (non-hydrogen) atoms. The van der Waals surface area contributed by atoms with Gasteiger partial charge in [-0.2, -0.15) is 5.10 Å². The van der Waals surface area contributed by atoms with Gasteiger partial charge in [0, 0.05) is 13.3 Å². The lowest BCUT2D eigenvalue weighted by Gasteiger charge is -2.31. The fourth-order valence-electron chi connectivity index (χ4n) is 3.10. The number of hydrogen-bond donors (Lipinski definition) is 1. The van der Waals surface area contributed by atoms with Crippen LogP contribution < -0.4 is 0 Å². The molecule has 0 aliphatic heterocycles. The molecule has 1 aromatic heterocycles. The summed E-state index contributed by atoms with van der Waals surface area (Å²) in [5, 5.41) is 14.9. The standard InChI is InChI=1S/C14H24N2O2/c1-14(2)7-4-5-11(14)13(17)12-6-8-15-16(12)9-10-18-3/h6,8,11,13,17H,4-5,7,9-10H2,1-3H3. The van der Waals surface area contributed by atoms with E-state index in [2.05, 4.69) is 18.9 Å². The highest BCUT2D eigenvalue weighted by atomic mass is 16.5. The number of hydrogen-bond acceptors (Lipinski definition) is 3. The van der Waals surface area contributed by atoms with Crippen LogP contribution in [0, 0.1) is 11.3 Å². The molecule has 1 aliphatic rings. The Bertz CT molecular complexity index is 387. The van der Waals surface area contributed by atoms with Crippen LogP contribution in [-0.4, -0.2) is 28.6 Å². The smallest absolute Gasteiger partial charge is 0.0989 e. The fraction of sp³-hybridized carbons (Fsp3) is 0.786. The second-order valence-electron chi connectivity index (χ2n) is 5.90. The Hall–Kier alpha value is -0.870. The van der Waals surface area contributed by atoms with E-state index in [0.717, 1.165) is 12.1 Å². The molecular weight excluding hydrogens is 228 g/mol. The van der Waals surface area contributed by atoms with Crippen LogP contribution in [0.15, 0.2) is 12.3 Å². The van der Waals surface area contributed by atoms with Crippen molar-refractivity contribution in [1.82, 2.24) is 9.78 Å². The molecule has 1 N–H and O–H groups in total. The zero-order chi connectivity index (χ0) is 13.2. The van der Waals surface area contributed by atoms with Gasteiger partial charge < -0.3 is 9.84 Å². The van der Waals surface area contributed by atoms with Crippen LogP contribution in [0.3, 0.4) is 0 Å². The van der Waals surface area contributed by atoms with Gasteiger partial charge in [0.1, 0.15) is 0 Å². The van der Waals surface area contributed by atoms with Crippen molar-refractivity contribution in [3.8, 4) is 0 Å². The number of methoxy groups -OCH3 is 1. The Labute approximate surface area is 109 Å². The highest BCUT2D eigenvalue weighted by Gasteiger charge is 2.40.